The number of carbonyl (C=O) groups excluding carboxylic acids is 1. The number of hydrogen-bond donors (Lipinski definition) is 1. The van der Waals surface area contributed by atoms with Gasteiger partial charge in [0.25, 0.3) is 0 Å². The minimum atomic E-state index is -0.606. The van der Waals surface area contributed by atoms with Crippen LogP contribution in [0.1, 0.15) is 0 Å². The maximum Gasteiger partial charge on any atom is 0.384 e. The van der Waals surface area contributed by atoms with Crippen molar-refractivity contribution in [3.63, 3.8) is 0 Å². The number of ether oxygens (including phenoxy) is 1. The molecular weight excluding hydrogens is 197 g/mol. The van der Waals surface area contributed by atoms with E-state index in [1.807, 2.05) is 0 Å². The highest BCUT2D eigenvalue weighted by Crippen LogP contribution is 2.11. The molecule has 1 rings (SSSR count). The van der Waals surface area contributed by atoms with Crippen molar-refractivity contribution in [2.45, 2.75) is 0 Å². The molecule has 0 aromatic heterocycles. The monoisotopic (exact) mass is 207 g/mol. The minimum Gasteiger partial charge on any atom is -0.459 e. The van der Waals surface area contributed by atoms with Crippen LogP contribution in [0, 0.1) is 17.7 Å². The highest BCUT2D eigenvalue weighted by Gasteiger charge is 1.96. The molecule has 0 atom stereocenters. The first kappa shape index (κ1) is 11.1. The van der Waals surface area contributed by atoms with Gasteiger partial charge in [-0.2, -0.15) is 0 Å². The molecule has 15 heavy (non-hydrogen) atoms. The van der Waals surface area contributed by atoms with E-state index in [0.717, 1.165) is 0 Å². The fourth-order valence-electron chi connectivity index (χ4n) is 0.911. The van der Waals surface area contributed by atoms with Crippen molar-refractivity contribution in [3.8, 4) is 11.8 Å². The summed E-state index contributed by atoms with van der Waals surface area (Å²) in [6, 6.07) is 6.24. The van der Waals surface area contributed by atoms with Crippen molar-refractivity contribution in [2.75, 3.05) is 19.0 Å². The van der Waals surface area contributed by atoms with Gasteiger partial charge in [0, 0.05) is 5.92 Å². The molecule has 0 saturated carbocycles. The molecule has 0 spiro atoms. The standard InChI is InChI=1S/C11H10FNO2/c1-15-11(14)7-4-8-13-10-6-3-2-5-9(10)12/h2-3,5-6,13H,8H2,1H3. The lowest BCUT2D eigenvalue weighted by molar-refractivity contribution is -0.133. The summed E-state index contributed by atoms with van der Waals surface area (Å²) in [5, 5.41) is 2.74. The molecule has 0 fully saturated rings. The van der Waals surface area contributed by atoms with E-state index < -0.39 is 5.97 Å². The van der Waals surface area contributed by atoms with Crippen LogP contribution in [0.4, 0.5) is 10.1 Å². The molecule has 0 bridgehead atoms. The predicted molar refractivity (Wildman–Crippen MR) is 54.7 cm³/mol. The lowest BCUT2D eigenvalue weighted by Crippen LogP contribution is -2.02. The molecule has 1 aromatic carbocycles. The van der Waals surface area contributed by atoms with Crippen molar-refractivity contribution in [3.05, 3.63) is 30.1 Å². The van der Waals surface area contributed by atoms with Gasteiger partial charge >= 0.3 is 5.97 Å². The lowest BCUT2D eigenvalue weighted by atomic mass is 10.3. The molecule has 0 aliphatic carbocycles. The Hall–Kier alpha value is -2.02. The number of halogens is 1. The van der Waals surface area contributed by atoms with Gasteiger partial charge in [-0.3, -0.25) is 0 Å². The van der Waals surface area contributed by atoms with Crippen molar-refractivity contribution in [1.29, 1.82) is 0 Å². The second kappa shape index (κ2) is 5.66. The Morgan fingerprint density at radius 3 is 2.93 bits per heavy atom. The van der Waals surface area contributed by atoms with Gasteiger partial charge in [-0.1, -0.05) is 18.1 Å². The molecular formula is C11H10FNO2. The maximum atomic E-state index is 13.0. The second-order valence-corrected chi connectivity index (χ2v) is 2.63. The van der Waals surface area contributed by atoms with E-state index in [0.29, 0.717) is 5.69 Å². The van der Waals surface area contributed by atoms with E-state index in [1.54, 1.807) is 18.2 Å². The van der Waals surface area contributed by atoms with E-state index in [-0.39, 0.29) is 12.4 Å². The number of para-hydroxylation sites is 1. The van der Waals surface area contributed by atoms with E-state index >= 15 is 0 Å². The van der Waals surface area contributed by atoms with Crippen LogP contribution < -0.4 is 5.32 Å². The van der Waals surface area contributed by atoms with E-state index in [2.05, 4.69) is 21.9 Å². The van der Waals surface area contributed by atoms with Gasteiger partial charge in [-0.15, -0.1) is 0 Å². The zero-order valence-corrected chi connectivity index (χ0v) is 8.21. The summed E-state index contributed by atoms with van der Waals surface area (Å²) in [6.07, 6.45) is 0. The number of rotatable bonds is 2. The molecule has 3 nitrogen and oxygen atoms in total. The number of esters is 1. The molecule has 4 heteroatoms. The largest absolute Gasteiger partial charge is 0.459 e. The van der Waals surface area contributed by atoms with Crippen LogP contribution in [-0.4, -0.2) is 19.6 Å². The molecule has 0 aliphatic heterocycles. The number of methoxy groups -OCH3 is 1. The summed E-state index contributed by atoms with van der Waals surface area (Å²) in [5.41, 5.74) is 0.358. The Morgan fingerprint density at radius 2 is 2.27 bits per heavy atom. The third-order valence-electron chi connectivity index (χ3n) is 1.62. The fraction of sp³-hybridized carbons (Fsp3) is 0.182. The molecule has 78 valence electrons. The third kappa shape index (κ3) is 3.69. The van der Waals surface area contributed by atoms with Crippen molar-refractivity contribution in [1.82, 2.24) is 0 Å². The van der Waals surface area contributed by atoms with Gasteiger partial charge in [-0.05, 0) is 12.1 Å². The summed E-state index contributed by atoms with van der Waals surface area (Å²) in [4.78, 5) is 10.6. The van der Waals surface area contributed by atoms with Gasteiger partial charge in [0.2, 0.25) is 0 Å². The van der Waals surface area contributed by atoms with Crippen molar-refractivity contribution >= 4 is 11.7 Å². The van der Waals surface area contributed by atoms with E-state index in [9.17, 15) is 9.18 Å². The first-order chi connectivity index (χ1) is 7.24. The molecule has 0 saturated heterocycles. The van der Waals surface area contributed by atoms with Crippen molar-refractivity contribution < 1.29 is 13.9 Å². The van der Waals surface area contributed by atoms with Crippen LogP contribution in [0.3, 0.4) is 0 Å². The van der Waals surface area contributed by atoms with Crippen molar-refractivity contribution in [2.24, 2.45) is 0 Å². The molecule has 0 radical (unpaired) electrons. The predicted octanol–water partition coefficient (Wildman–Crippen LogP) is 1.41. The number of carbonyl (C=O) groups is 1. The fourth-order valence-corrected chi connectivity index (χ4v) is 0.911. The average Bonchev–Trinajstić information content (AvgIpc) is 2.26. The van der Waals surface area contributed by atoms with Gasteiger partial charge < -0.3 is 10.1 Å². The molecule has 0 unspecified atom stereocenters. The summed E-state index contributed by atoms with van der Waals surface area (Å²) in [5.74, 6) is 3.78. The Labute approximate surface area is 87.2 Å². The number of nitrogens with one attached hydrogen (secondary N) is 1. The SMILES string of the molecule is COC(=O)C#CCNc1ccccc1F. The van der Waals surface area contributed by atoms with Gasteiger partial charge in [-0.25, -0.2) is 9.18 Å². The van der Waals surface area contributed by atoms with Crippen LogP contribution in [0.2, 0.25) is 0 Å². The second-order valence-electron chi connectivity index (χ2n) is 2.63. The first-order valence-electron chi connectivity index (χ1n) is 4.29. The number of benzene rings is 1. The maximum absolute atomic E-state index is 13.0. The molecule has 1 N–H and O–H groups in total. The lowest BCUT2D eigenvalue weighted by Gasteiger charge is -2.01. The van der Waals surface area contributed by atoms with Crippen LogP contribution in [0.5, 0.6) is 0 Å². The zero-order chi connectivity index (χ0) is 11.1. The quantitative estimate of drug-likeness (QED) is 0.452. The molecule has 0 heterocycles. The Balaban J connectivity index is 2.47. The van der Waals surface area contributed by atoms with E-state index in [4.69, 9.17) is 0 Å². The normalized spacial score (nSPS) is 8.67. The molecule has 0 aliphatic rings. The topological polar surface area (TPSA) is 38.3 Å². The smallest absolute Gasteiger partial charge is 0.384 e. The van der Waals surface area contributed by atoms with Gasteiger partial charge in [0.05, 0.1) is 19.3 Å². The number of hydrogen-bond acceptors (Lipinski definition) is 3. The van der Waals surface area contributed by atoms with Gasteiger partial charge in [0.1, 0.15) is 5.82 Å². The highest BCUT2D eigenvalue weighted by atomic mass is 19.1. The Morgan fingerprint density at radius 1 is 1.53 bits per heavy atom. The molecule has 1 aromatic rings. The van der Waals surface area contributed by atoms with Gasteiger partial charge in [0.15, 0.2) is 0 Å². The Kier molecular flexibility index (Phi) is 4.17. The number of anilines is 1. The summed E-state index contributed by atoms with van der Waals surface area (Å²) < 4.78 is 17.4. The highest BCUT2D eigenvalue weighted by molar-refractivity contribution is 5.88. The zero-order valence-electron chi connectivity index (χ0n) is 8.21. The summed E-state index contributed by atoms with van der Waals surface area (Å²) >= 11 is 0. The van der Waals surface area contributed by atoms with Crippen LogP contribution in [0.15, 0.2) is 24.3 Å². The Bertz CT molecular complexity index is 407. The first-order valence-corrected chi connectivity index (χ1v) is 4.29. The third-order valence-corrected chi connectivity index (χ3v) is 1.62. The van der Waals surface area contributed by atoms with Crippen LogP contribution in [0.25, 0.3) is 0 Å². The van der Waals surface area contributed by atoms with Crippen LogP contribution in [-0.2, 0) is 9.53 Å². The summed E-state index contributed by atoms with van der Waals surface area (Å²) in [7, 11) is 1.25. The average molecular weight is 207 g/mol. The molecule has 0 amide bonds. The summed E-state index contributed by atoms with van der Waals surface area (Å²) in [6.45, 7) is 0.191. The minimum absolute atomic E-state index is 0.191. The van der Waals surface area contributed by atoms with E-state index in [1.165, 1.54) is 13.2 Å². The van der Waals surface area contributed by atoms with Crippen LogP contribution >= 0.6 is 0 Å².